The third-order valence-electron chi connectivity index (χ3n) is 6.19. The number of carbonyl (C=O) groups is 1. The largest absolute Gasteiger partial charge is 0.494 e. The molecule has 0 N–H and O–H groups in total. The Hall–Kier alpha value is -4.00. The fourth-order valence-corrected chi connectivity index (χ4v) is 4.44. The number of aryl methyl sites for hydroxylation is 1. The van der Waals surface area contributed by atoms with Crippen molar-refractivity contribution in [3.05, 3.63) is 99.3 Å². The van der Waals surface area contributed by atoms with Gasteiger partial charge in [0.2, 0.25) is 5.76 Å². The third kappa shape index (κ3) is 4.18. The Morgan fingerprint density at radius 2 is 1.86 bits per heavy atom. The van der Waals surface area contributed by atoms with Gasteiger partial charge >= 0.3 is 0 Å². The third-order valence-corrected chi connectivity index (χ3v) is 6.19. The predicted octanol–water partition coefficient (Wildman–Crippen LogP) is 5.95. The van der Waals surface area contributed by atoms with E-state index >= 15 is 0 Å². The van der Waals surface area contributed by atoms with Gasteiger partial charge in [-0.05, 0) is 66.9 Å². The quantitative estimate of drug-likeness (QED) is 0.311. The van der Waals surface area contributed by atoms with Gasteiger partial charge in [-0.25, -0.2) is 9.37 Å². The second-order valence-corrected chi connectivity index (χ2v) is 8.71. The molecule has 178 valence electrons. The summed E-state index contributed by atoms with van der Waals surface area (Å²) < 4.78 is 25.7. The summed E-state index contributed by atoms with van der Waals surface area (Å²) in [6, 6.07) is 13.9. The summed E-state index contributed by atoms with van der Waals surface area (Å²) in [5, 5.41) is 0.0940. The Kier molecular flexibility index (Phi) is 6.07. The molecule has 2 aromatic carbocycles. The molecular formula is C28H25FN2O4. The molecule has 1 atom stereocenters. The number of hydrogen-bond acceptors (Lipinski definition) is 5. The van der Waals surface area contributed by atoms with Crippen molar-refractivity contribution in [1.82, 2.24) is 4.98 Å². The number of amides is 1. The average molecular weight is 473 g/mol. The number of benzene rings is 2. The molecule has 0 bridgehead atoms. The zero-order valence-electron chi connectivity index (χ0n) is 19.6. The van der Waals surface area contributed by atoms with Crippen LogP contribution in [0.5, 0.6) is 5.75 Å². The van der Waals surface area contributed by atoms with E-state index in [1.165, 1.54) is 17.0 Å². The number of hydrogen-bond donors (Lipinski definition) is 0. The molecule has 0 spiro atoms. The van der Waals surface area contributed by atoms with Crippen LogP contribution in [-0.2, 0) is 0 Å². The molecule has 3 heterocycles. The Labute approximate surface area is 202 Å². The maximum Gasteiger partial charge on any atom is 0.296 e. The minimum Gasteiger partial charge on any atom is -0.494 e. The molecule has 6 nitrogen and oxygen atoms in total. The summed E-state index contributed by atoms with van der Waals surface area (Å²) in [6.45, 7) is 4.66. The first-order valence-corrected chi connectivity index (χ1v) is 11.7. The van der Waals surface area contributed by atoms with Gasteiger partial charge in [0.05, 0.1) is 23.6 Å². The molecule has 7 heteroatoms. The molecule has 1 unspecified atom stereocenters. The number of unbranched alkanes of at least 4 members (excludes halogenated alkanes) is 2. The molecule has 0 aliphatic carbocycles. The van der Waals surface area contributed by atoms with E-state index in [2.05, 4.69) is 11.9 Å². The van der Waals surface area contributed by atoms with Crippen LogP contribution >= 0.6 is 0 Å². The molecule has 4 aromatic rings. The number of rotatable bonds is 7. The summed E-state index contributed by atoms with van der Waals surface area (Å²) in [4.78, 5) is 33.0. The highest BCUT2D eigenvalue weighted by atomic mass is 19.1. The van der Waals surface area contributed by atoms with Crippen molar-refractivity contribution in [2.24, 2.45) is 0 Å². The number of pyridine rings is 1. The van der Waals surface area contributed by atoms with E-state index in [0.29, 0.717) is 23.7 Å². The van der Waals surface area contributed by atoms with E-state index < -0.39 is 23.2 Å². The summed E-state index contributed by atoms with van der Waals surface area (Å²) in [5.41, 5.74) is 1.52. The zero-order valence-corrected chi connectivity index (χ0v) is 19.6. The van der Waals surface area contributed by atoms with Gasteiger partial charge in [-0.2, -0.15) is 0 Å². The highest BCUT2D eigenvalue weighted by molar-refractivity contribution is 6.10. The lowest BCUT2D eigenvalue weighted by Gasteiger charge is -2.24. The Morgan fingerprint density at radius 3 is 2.60 bits per heavy atom. The van der Waals surface area contributed by atoms with Crippen LogP contribution in [0.25, 0.3) is 11.0 Å². The number of ether oxygens (including phenoxy) is 1. The van der Waals surface area contributed by atoms with Crippen LogP contribution in [0.1, 0.15) is 59.5 Å². The molecule has 0 radical (unpaired) electrons. The van der Waals surface area contributed by atoms with E-state index in [4.69, 9.17) is 9.15 Å². The van der Waals surface area contributed by atoms with Crippen LogP contribution in [0, 0.1) is 12.7 Å². The van der Waals surface area contributed by atoms with Crippen LogP contribution in [0.3, 0.4) is 0 Å². The number of anilines is 1. The molecule has 0 saturated carbocycles. The Bertz CT molecular complexity index is 1460. The predicted molar refractivity (Wildman–Crippen MR) is 132 cm³/mol. The molecule has 0 saturated heterocycles. The van der Waals surface area contributed by atoms with Crippen molar-refractivity contribution >= 4 is 22.7 Å². The van der Waals surface area contributed by atoms with Crippen LogP contribution in [0.4, 0.5) is 10.2 Å². The second-order valence-electron chi connectivity index (χ2n) is 8.71. The summed E-state index contributed by atoms with van der Waals surface area (Å²) in [5.74, 6) is 0.0456. The molecule has 2 aromatic heterocycles. The van der Waals surface area contributed by atoms with Gasteiger partial charge in [-0.1, -0.05) is 31.9 Å². The lowest BCUT2D eigenvalue weighted by atomic mass is 9.98. The van der Waals surface area contributed by atoms with Gasteiger partial charge in [0.1, 0.15) is 23.0 Å². The van der Waals surface area contributed by atoms with E-state index in [0.717, 1.165) is 30.9 Å². The number of nitrogens with zero attached hydrogens (tertiary/aromatic N) is 2. The maximum absolute atomic E-state index is 14.0. The maximum atomic E-state index is 14.0. The monoisotopic (exact) mass is 472 g/mol. The average Bonchev–Trinajstić information content (AvgIpc) is 3.15. The number of carbonyl (C=O) groups excluding carboxylic acids is 1. The first kappa shape index (κ1) is 22.8. The van der Waals surface area contributed by atoms with Gasteiger partial charge in [0.15, 0.2) is 5.43 Å². The number of fused-ring (bicyclic) bond motifs is 2. The van der Waals surface area contributed by atoms with Crippen LogP contribution in [0.2, 0.25) is 0 Å². The minimum atomic E-state index is -0.773. The van der Waals surface area contributed by atoms with E-state index in [1.54, 1.807) is 12.3 Å². The van der Waals surface area contributed by atoms with Gasteiger partial charge in [-0.3, -0.25) is 14.5 Å². The number of aromatic nitrogens is 1. The van der Waals surface area contributed by atoms with Crippen LogP contribution < -0.4 is 15.1 Å². The smallest absolute Gasteiger partial charge is 0.296 e. The van der Waals surface area contributed by atoms with Crippen molar-refractivity contribution in [2.45, 2.75) is 39.2 Å². The second kappa shape index (κ2) is 9.33. The van der Waals surface area contributed by atoms with Crippen LogP contribution in [0.15, 0.2) is 70.0 Å². The Morgan fingerprint density at radius 1 is 1.06 bits per heavy atom. The number of halogens is 1. The molecule has 1 aliphatic rings. The standard InChI is InChI=1S/C28H25FN2O4/c1-3-4-5-14-34-20-9-6-18(7-10-20)25-24-26(32)21-16-19(29)8-11-22(21)35-27(24)28(33)31(25)23-15-17(2)12-13-30-23/h6-13,15-16,25H,3-5,14H2,1-2H3. The first-order valence-electron chi connectivity index (χ1n) is 11.7. The molecule has 5 rings (SSSR count). The van der Waals surface area contributed by atoms with Gasteiger partial charge in [0.25, 0.3) is 5.91 Å². The van der Waals surface area contributed by atoms with Gasteiger partial charge in [0, 0.05) is 6.20 Å². The lowest BCUT2D eigenvalue weighted by Crippen LogP contribution is -2.30. The molecule has 1 aliphatic heterocycles. The van der Waals surface area contributed by atoms with Crippen LogP contribution in [-0.4, -0.2) is 17.5 Å². The molecular weight excluding hydrogens is 447 g/mol. The van der Waals surface area contributed by atoms with E-state index in [1.807, 2.05) is 37.3 Å². The zero-order chi connectivity index (χ0) is 24.5. The van der Waals surface area contributed by atoms with Crippen molar-refractivity contribution in [1.29, 1.82) is 0 Å². The summed E-state index contributed by atoms with van der Waals surface area (Å²) in [6.07, 6.45) is 4.80. The van der Waals surface area contributed by atoms with Gasteiger partial charge in [-0.15, -0.1) is 0 Å². The van der Waals surface area contributed by atoms with Crippen molar-refractivity contribution < 1.29 is 18.3 Å². The van der Waals surface area contributed by atoms with Gasteiger partial charge < -0.3 is 9.15 Å². The van der Waals surface area contributed by atoms with Crippen molar-refractivity contribution in [3.8, 4) is 5.75 Å². The summed E-state index contributed by atoms with van der Waals surface area (Å²) >= 11 is 0. The molecule has 1 amide bonds. The lowest BCUT2D eigenvalue weighted by molar-refractivity contribution is 0.0970. The Balaban J connectivity index is 1.63. The molecule has 35 heavy (non-hydrogen) atoms. The van der Waals surface area contributed by atoms with E-state index in [-0.39, 0.29) is 22.3 Å². The fourth-order valence-electron chi connectivity index (χ4n) is 4.44. The highest BCUT2D eigenvalue weighted by Crippen LogP contribution is 2.41. The van der Waals surface area contributed by atoms with Crippen molar-refractivity contribution in [2.75, 3.05) is 11.5 Å². The highest BCUT2D eigenvalue weighted by Gasteiger charge is 2.44. The topological polar surface area (TPSA) is 72.6 Å². The van der Waals surface area contributed by atoms with E-state index in [9.17, 15) is 14.0 Å². The normalized spacial score (nSPS) is 15.0. The molecule has 0 fully saturated rings. The first-order chi connectivity index (χ1) is 17.0. The summed E-state index contributed by atoms with van der Waals surface area (Å²) in [7, 11) is 0. The minimum absolute atomic E-state index is 0.0534. The van der Waals surface area contributed by atoms with Crippen molar-refractivity contribution in [3.63, 3.8) is 0 Å². The fraction of sp³-hybridized carbons (Fsp3) is 0.250. The SMILES string of the molecule is CCCCCOc1ccc(C2c3c(oc4ccc(F)cc4c3=O)C(=O)N2c2cc(C)ccn2)cc1.